The minimum Gasteiger partial charge on any atom is -0.336 e. The lowest BCUT2D eigenvalue weighted by atomic mass is 10.1. The summed E-state index contributed by atoms with van der Waals surface area (Å²) in [6.45, 7) is 0.352. The summed E-state index contributed by atoms with van der Waals surface area (Å²) < 4.78 is 0. The van der Waals surface area contributed by atoms with Crippen LogP contribution in [0.15, 0.2) is 12.2 Å². The second-order valence-corrected chi connectivity index (χ2v) is 4.48. The third kappa shape index (κ3) is 7.30. The number of amides is 3. The maximum atomic E-state index is 11.5. The number of allylic oxidation sites excluding steroid dienone is 1. The molecule has 7 nitrogen and oxygen atoms in total. The fourth-order valence-corrected chi connectivity index (χ4v) is 1.63. The molecule has 0 aromatic heterocycles. The summed E-state index contributed by atoms with van der Waals surface area (Å²) in [5.41, 5.74) is 4.46. The Morgan fingerprint density at radius 3 is 2.50 bits per heavy atom. The van der Waals surface area contributed by atoms with Crippen molar-refractivity contribution in [3.8, 4) is 0 Å². The van der Waals surface area contributed by atoms with Crippen molar-refractivity contribution in [1.29, 1.82) is 0 Å². The van der Waals surface area contributed by atoms with Gasteiger partial charge in [-0.2, -0.15) is 0 Å². The number of hydrogen-bond acceptors (Lipinski definition) is 4. The Balaban J connectivity index is 2.50. The van der Waals surface area contributed by atoms with Crippen molar-refractivity contribution in [1.82, 2.24) is 16.2 Å². The second kappa shape index (κ2) is 8.84. The highest BCUT2D eigenvalue weighted by Crippen LogP contribution is 2.03. The summed E-state index contributed by atoms with van der Waals surface area (Å²) in [5, 5.41) is 2.53. The number of hydrazine groups is 1. The van der Waals surface area contributed by atoms with Gasteiger partial charge in [-0.3, -0.25) is 19.8 Å². The summed E-state index contributed by atoms with van der Waals surface area (Å²) in [7, 11) is 0. The van der Waals surface area contributed by atoms with Crippen molar-refractivity contribution in [2.24, 2.45) is 0 Å². The van der Waals surface area contributed by atoms with Crippen molar-refractivity contribution < 1.29 is 19.2 Å². The van der Waals surface area contributed by atoms with Crippen LogP contribution in [0.1, 0.15) is 38.5 Å². The predicted octanol–water partition coefficient (Wildman–Crippen LogP) is 0.365. The van der Waals surface area contributed by atoms with E-state index in [-0.39, 0.29) is 43.2 Å². The van der Waals surface area contributed by atoms with Gasteiger partial charge in [-0.05, 0) is 18.9 Å². The van der Waals surface area contributed by atoms with E-state index >= 15 is 0 Å². The number of hydrogen-bond donors (Lipinski definition) is 3. The third-order valence-electron chi connectivity index (χ3n) is 2.73. The van der Waals surface area contributed by atoms with Crippen LogP contribution < -0.4 is 16.2 Å². The molecule has 20 heavy (non-hydrogen) atoms. The maximum absolute atomic E-state index is 11.5. The third-order valence-corrected chi connectivity index (χ3v) is 2.73. The molecule has 0 saturated carbocycles. The van der Waals surface area contributed by atoms with Crippen molar-refractivity contribution in [3.05, 3.63) is 12.2 Å². The molecule has 1 aliphatic rings. The summed E-state index contributed by atoms with van der Waals surface area (Å²) in [4.78, 5) is 45.5. The molecule has 0 spiro atoms. The summed E-state index contributed by atoms with van der Waals surface area (Å²) in [6.07, 6.45) is 4.79. The Morgan fingerprint density at radius 2 is 1.70 bits per heavy atom. The zero-order chi connectivity index (χ0) is 14.8. The van der Waals surface area contributed by atoms with E-state index in [1.165, 1.54) is 6.08 Å². The molecule has 0 aromatic rings. The van der Waals surface area contributed by atoms with E-state index in [0.717, 1.165) is 0 Å². The first-order valence-electron chi connectivity index (χ1n) is 6.61. The molecule has 7 heteroatoms. The predicted molar refractivity (Wildman–Crippen MR) is 71.5 cm³/mol. The van der Waals surface area contributed by atoms with Crippen LogP contribution >= 0.6 is 0 Å². The van der Waals surface area contributed by atoms with Gasteiger partial charge in [0.1, 0.15) is 5.78 Å². The van der Waals surface area contributed by atoms with Crippen LogP contribution in [0.5, 0.6) is 0 Å². The topological polar surface area (TPSA) is 104 Å². The number of carbonyl (C=O) groups is 4. The molecule has 0 bridgehead atoms. The summed E-state index contributed by atoms with van der Waals surface area (Å²) in [6, 6.07) is -0.513. The maximum Gasteiger partial charge on any atom is 0.333 e. The fourth-order valence-electron chi connectivity index (χ4n) is 1.63. The van der Waals surface area contributed by atoms with Crippen molar-refractivity contribution >= 4 is 23.5 Å². The van der Waals surface area contributed by atoms with E-state index in [2.05, 4.69) is 16.2 Å². The normalized spacial score (nSPS) is 21.6. The van der Waals surface area contributed by atoms with E-state index in [9.17, 15) is 19.2 Å². The van der Waals surface area contributed by atoms with E-state index < -0.39 is 6.03 Å². The first-order valence-corrected chi connectivity index (χ1v) is 6.61. The van der Waals surface area contributed by atoms with Gasteiger partial charge in [0.2, 0.25) is 5.91 Å². The number of urea groups is 1. The quantitative estimate of drug-likeness (QED) is 0.596. The van der Waals surface area contributed by atoms with Gasteiger partial charge in [0, 0.05) is 32.2 Å². The van der Waals surface area contributed by atoms with Gasteiger partial charge in [-0.1, -0.05) is 6.08 Å². The Morgan fingerprint density at radius 1 is 0.900 bits per heavy atom. The van der Waals surface area contributed by atoms with Gasteiger partial charge in [-0.25, -0.2) is 10.2 Å². The van der Waals surface area contributed by atoms with Crippen LogP contribution in [0.4, 0.5) is 4.79 Å². The molecule has 0 radical (unpaired) electrons. The number of Topliss-reactive ketones (excluding diaryl/α,β-unsaturated/α-hetero) is 1. The van der Waals surface area contributed by atoms with Crippen LogP contribution in [0.25, 0.3) is 0 Å². The Labute approximate surface area is 117 Å². The molecule has 0 aromatic carbocycles. The molecule has 0 saturated heterocycles. The minimum atomic E-state index is -0.513. The molecule has 110 valence electrons. The molecule has 1 rings (SSSR count). The minimum absolute atomic E-state index is 0.0302. The van der Waals surface area contributed by atoms with Gasteiger partial charge in [0.05, 0.1) is 0 Å². The van der Waals surface area contributed by atoms with Gasteiger partial charge in [0.25, 0.3) is 0 Å². The summed E-state index contributed by atoms with van der Waals surface area (Å²) in [5.74, 6) is -0.485. The molecule has 0 atom stereocenters. The Kier molecular flexibility index (Phi) is 7.02. The van der Waals surface area contributed by atoms with E-state index in [1.807, 2.05) is 0 Å². The van der Waals surface area contributed by atoms with Crippen LogP contribution in [0, 0.1) is 0 Å². The van der Waals surface area contributed by atoms with Gasteiger partial charge < -0.3 is 5.32 Å². The highest BCUT2D eigenvalue weighted by atomic mass is 16.2. The molecule has 1 heterocycles. The standard InChI is InChI=1S/C13H19N3O4/c17-10-4-1-2-9-14-13(20)16-15-12(19)6-3-5-11(18)8-7-10/h1,4H,2-3,5-9H2,(H,15,19)(H2,14,16,20)/b4-1-. The number of nitrogens with one attached hydrogen (secondary N) is 3. The number of rotatable bonds is 0. The van der Waals surface area contributed by atoms with E-state index in [1.54, 1.807) is 6.08 Å². The van der Waals surface area contributed by atoms with Crippen LogP contribution in [-0.4, -0.2) is 30.0 Å². The number of carbonyl (C=O) groups excluding carboxylic acids is 4. The molecular weight excluding hydrogens is 262 g/mol. The average molecular weight is 281 g/mol. The van der Waals surface area contributed by atoms with Gasteiger partial charge >= 0.3 is 6.03 Å². The molecule has 3 N–H and O–H groups in total. The molecule has 1 aliphatic heterocycles. The second-order valence-electron chi connectivity index (χ2n) is 4.48. The van der Waals surface area contributed by atoms with Gasteiger partial charge in [0.15, 0.2) is 5.78 Å². The van der Waals surface area contributed by atoms with Crippen molar-refractivity contribution in [2.75, 3.05) is 6.54 Å². The van der Waals surface area contributed by atoms with E-state index in [0.29, 0.717) is 19.4 Å². The highest BCUT2D eigenvalue weighted by molar-refractivity contribution is 5.93. The Bertz CT molecular complexity index is 418. The molecule has 3 amide bonds. The Hall–Kier alpha value is -2.18. The smallest absolute Gasteiger partial charge is 0.333 e. The highest BCUT2D eigenvalue weighted by Gasteiger charge is 2.08. The first kappa shape index (κ1) is 15.9. The summed E-state index contributed by atoms with van der Waals surface area (Å²) >= 11 is 0. The zero-order valence-corrected chi connectivity index (χ0v) is 11.2. The van der Waals surface area contributed by atoms with Crippen LogP contribution in [-0.2, 0) is 14.4 Å². The molecule has 0 unspecified atom stereocenters. The fraction of sp³-hybridized carbons (Fsp3) is 0.538. The SMILES string of the molecule is O=C1/C=C\CCNC(=O)NNC(=O)CCCC(=O)CC1. The molecule has 0 fully saturated rings. The lowest BCUT2D eigenvalue weighted by Crippen LogP contribution is -2.47. The lowest BCUT2D eigenvalue weighted by molar-refractivity contribution is -0.123. The monoisotopic (exact) mass is 281 g/mol. The molecule has 0 aliphatic carbocycles. The van der Waals surface area contributed by atoms with Crippen molar-refractivity contribution in [3.63, 3.8) is 0 Å². The largest absolute Gasteiger partial charge is 0.336 e. The first-order chi connectivity index (χ1) is 9.58. The molecular formula is C13H19N3O4. The zero-order valence-electron chi connectivity index (χ0n) is 11.2. The number of ketones is 2. The van der Waals surface area contributed by atoms with Gasteiger partial charge in [-0.15, -0.1) is 0 Å². The lowest BCUT2D eigenvalue weighted by Gasteiger charge is -2.08. The van der Waals surface area contributed by atoms with E-state index in [4.69, 9.17) is 0 Å². The van der Waals surface area contributed by atoms with Crippen LogP contribution in [0.3, 0.4) is 0 Å². The average Bonchev–Trinajstić information content (AvgIpc) is 2.41. The van der Waals surface area contributed by atoms with Crippen molar-refractivity contribution in [2.45, 2.75) is 38.5 Å². The van der Waals surface area contributed by atoms with Crippen LogP contribution in [0.2, 0.25) is 0 Å².